The number of rotatable bonds is 5. The number of aromatic nitrogens is 1. The lowest BCUT2D eigenvalue weighted by atomic mass is 9.95. The lowest BCUT2D eigenvalue weighted by molar-refractivity contribution is 0.350. The van der Waals surface area contributed by atoms with E-state index in [1.807, 2.05) is 23.6 Å². The van der Waals surface area contributed by atoms with E-state index in [0.717, 1.165) is 51.6 Å². The molecule has 0 unspecified atom stereocenters. The summed E-state index contributed by atoms with van der Waals surface area (Å²) in [5, 5.41) is 21.4. The summed E-state index contributed by atoms with van der Waals surface area (Å²) in [6, 6.07) is 12.7. The number of phenolic OH excluding ortho intramolecular Hbond substituents is 1. The van der Waals surface area contributed by atoms with Crippen LogP contribution in [0.1, 0.15) is 43.7 Å². The molecule has 2 aromatic carbocycles. The van der Waals surface area contributed by atoms with Gasteiger partial charge >= 0.3 is 5.63 Å². The van der Waals surface area contributed by atoms with Crippen LogP contribution in [0.25, 0.3) is 22.2 Å². The maximum atomic E-state index is 13.0. The van der Waals surface area contributed by atoms with Crippen LogP contribution in [-0.2, 0) is 0 Å². The summed E-state index contributed by atoms with van der Waals surface area (Å²) in [4.78, 5) is 13.7. The van der Waals surface area contributed by atoms with E-state index in [4.69, 9.17) is 9.15 Å². The minimum atomic E-state index is -0.367. The molecule has 1 saturated carbocycles. The summed E-state index contributed by atoms with van der Waals surface area (Å²) in [6.45, 7) is 0. The number of thiazole rings is 1. The van der Waals surface area contributed by atoms with E-state index in [2.05, 4.69) is 30.7 Å². The molecular weight excluding hydrogens is 530 g/mol. The highest BCUT2D eigenvalue weighted by Gasteiger charge is 2.22. The molecule has 35 heavy (non-hydrogen) atoms. The van der Waals surface area contributed by atoms with Crippen LogP contribution in [0.2, 0.25) is 0 Å². The van der Waals surface area contributed by atoms with Gasteiger partial charge in [0.25, 0.3) is 0 Å². The Balaban J connectivity index is 1.60. The van der Waals surface area contributed by atoms with E-state index < -0.39 is 0 Å². The van der Waals surface area contributed by atoms with E-state index in [1.165, 1.54) is 24.9 Å². The van der Waals surface area contributed by atoms with Crippen LogP contribution in [0.4, 0.5) is 0 Å². The predicted molar refractivity (Wildman–Crippen MR) is 141 cm³/mol. The Bertz CT molecular complexity index is 1530. The van der Waals surface area contributed by atoms with Gasteiger partial charge in [0.2, 0.25) is 4.80 Å². The molecule has 0 radical (unpaired) electrons. The molecule has 0 saturated heterocycles. The predicted octanol–water partition coefficient (Wildman–Crippen LogP) is 6.24. The van der Waals surface area contributed by atoms with Gasteiger partial charge in [-0.25, -0.2) is 4.79 Å². The third-order valence-corrected chi connectivity index (χ3v) is 7.53. The van der Waals surface area contributed by atoms with Crippen molar-refractivity contribution in [3.8, 4) is 22.8 Å². The van der Waals surface area contributed by atoms with Crippen LogP contribution < -0.4 is 15.2 Å². The first-order chi connectivity index (χ1) is 17.0. The van der Waals surface area contributed by atoms with Gasteiger partial charge in [0.15, 0.2) is 11.5 Å². The van der Waals surface area contributed by atoms with Crippen LogP contribution in [0.3, 0.4) is 0 Å². The summed E-state index contributed by atoms with van der Waals surface area (Å²) in [5.74, 6) is 0.445. The normalized spacial score (nSPS) is 15.3. The third-order valence-electron chi connectivity index (χ3n) is 6.21. The molecular formula is C26H24BrN3O4S. The molecule has 1 aliphatic carbocycles. The number of benzene rings is 2. The molecule has 4 aromatic rings. The second-order valence-electron chi connectivity index (χ2n) is 8.47. The zero-order chi connectivity index (χ0) is 24.4. The average molecular weight is 554 g/mol. The molecule has 9 heteroatoms. The zero-order valence-electron chi connectivity index (χ0n) is 19.1. The van der Waals surface area contributed by atoms with Crippen LogP contribution in [0.5, 0.6) is 11.5 Å². The largest absolute Gasteiger partial charge is 0.504 e. The Labute approximate surface area is 214 Å². The number of fused-ring (bicyclic) bond motifs is 1. The molecule has 1 fully saturated rings. The van der Waals surface area contributed by atoms with Crippen LogP contribution >= 0.6 is 27.3 Å². The van der Waals surface area contributed by atoms with Gasteiger partial charge in [-0.15, -0.1) is 16.4 Å². The molecule has 0 amide bonds. The Hall–Kier alpha value is -3.17. The fourth-order valence-corrected chi connectivity index (χ4v) is 5.77. The number of halogens is 1. The first kappa shape index (κ1) is 23.6. The second-order valence-corrected chi connectivity index (χ2v) is 10.2. The van der Waals surface area contributed by atoms with Gasteiger partial charge in [0, 0.05) is 21.3 Å². The minimum Gasteiger partial charge on any atom is -0.504 e. The van der Waals surface area contributed by atoms with E-state index in [-0.39, 0.29) is 17.4 Å². The van der Waals surface area contributed by atoms with Crippen molar-refractivity contribution in [1.82, 2.24) is 4.57 Å². The molecule has 0 spiro atoms. The van der Waals surface area contributed by atoms with Crippen molar-refractivity contribution in [1.29, 1.82) is 0 Å². The maximum absolute atomic E-state index is 13.0. The topological polar surface area (TPSA) is 89.3 Å². The van der Waals surface area contributed by atoms with E-state index in [0.29, 0.717) is 16.9 Å². The number of hydrogen-bond acceptors (Lipinski definition) is 7. The van der Waals surface area contributed by atoms with Gasteiger partial charge in [0.1, 0.15) is 5.58 Å². The molecule has 0 atom stereocenters. The van der Waals surface area contributed by atoms with Gasteiger partial charge in [-0.05, 0) is 60.9 Å². The molecule has 7 nitrogen and oxygen atoms in total. The van der Waals surface area contributed by atoms with E-state index in [9.17, 15) is 9.90 Å². The molecule has 180 valence electrons. The van der Waals surface area contributed by atoms with Gasteiger partial charge in [-0.2, -0.15) is 5.10 Å². The fraction of sp³-hybridized carbons (Fsp3) is 0.269. The first-order valence-corrected chi connectivity index (χ1v) is 13.1. The Morgan fingerprint density at radius 3 is 2.80 bits per heavy atom. The van der Waals surface area contributed by atoms with Crippen molar-refractivity contribution in [2.45, 2.75) is 38.1 Å². The number of phenols is 1. The number of hydrogen-bond donors (Lipinski definition) is 1. The quantitative estimate of drug-likeness (QED) is 0.180. The van der Waals surface area contributed by atoms with Gasteiger partial charge < -0.3 is 18.8 Å². The van der Waals surface area contributed by atoms with Crippen molar-refractivity contribution in [2.75, 3.05) is 7.11 Å². The molecule has 1 aliphatic rings. The Morgan fingerprint density at radius 2 is 2.00 bits per heavy atom. The first-order valence-electron chi connectivity index (χ1n) is 11.4. The monoisotopic (exact) mass is 553 g/mol. The van der Waals surface area contributed by atoms with Gasteiger partial charge in [-0.1, -0.05) is 35.2 Å². The highest BCUT2D eigenvalue weighted by atomic mass is 79.9. The van der Waals surface area contributed by atoms with Gasteiger partial charge in [-0.3, -0.25) is 0 Å². The van der Waals surface area contributed by atoms with Crippen LogP contribution in [-0.4, -0.2) is 23.0 Å². The van der Waals surface area contributed by atoms with Crippen LogP contribution in [0, 0.1) is 0 Å². The lowest BCUT2D eigenvalue weighted by Crippen LogP contribution is -2.24. The highest BCUT2D eigenvalue weighted by molar-refractivity contribution is 9.10. The molecule has 0 bridgehead atoms. The maximum Gasteiger partial charge on any atom is 0.345 e. The Morgan fingerprint density at radius 1 is 1.17 bits per heavy atom. The number of aromatic hydroxyl groups is 1. The molecule has 2 heterocycles. The van der Waals surface area contributed by atoms with Crippen molar-refractivity contribution >= 4 is 44.5 Å². The zero-order valence-corrected chi connectivity index (χ0v) is 21.5. The Kier molecular flexibility index (Phi) is 6.88. The smallest absolute Gasteiger partial charge is 0.345 e. The summed E-state index contributed by atoms with van der Waals surface area (Å²) in [6.07, 6.45) is 7.18. The summed E-state index contributed by atoms with van der Waals surface area (Å²) >= 11 is 4.95. The number of methoxy groups -OCH3 is 1. The SMILES string of the molecule is COc1cc(/C=N\N=c2/scc(-c3cc4cc(Br)ccc4oc3=O)n2C2CCCCC2)ccc1O. The van der Waals surface area contributed by atoms with Crippen molar-refractivity contribution in [2.24, 2.45) is 10.2 Å². The van der Waals surface area contributed by atoms with Crippen molar-refractivity contribution < 1.29 is 14.3 Å². The van der Waals surface area contributed by atoms with Crippen molar-refractivity contribution in [3.63, 3.8) is 0 Å². The lowest BCUT2D eigenvalue weighted by Gasteiger charge is -2.25. The van der Waals surface area contributed by atoms with E-state index >= 15 is 0 Å². The summed E-state index contributed by atoms with van der Waals surface area (Å²) in [5.41, 5.74) is 2.27. The van der Waals surface area contributed by atoms with Crippen molar-refractivity contribution in [3.05, 3.63) is 73.1 Å². The molecule has 1 N–H and O–H groups in total. The minimum absolute atomic E-state index is 0.0703. The summed E-state index contributed by atoms with van der Waals surface area (Å²) in [7, 11) is 1.50. The third kappa shape index (κ3) is 4.97. The average Bonchev–Trinajstić information content (AvgIpc) is 3.29. The van der Waals surface area contributed by atoms with Gasteiger partial charge in [0.05, 0.1) is 24.6 Å². The molecule has 2 aromatic heterocycles. The molecule has 5 rings (SSSR count). The van der Waals surface area contributed by atoms with E-state index in [1.54, 1.807) is 30.5 Å². The van der Waals surface area contributed by atoms with Crippen LogP contribution in [0.15, 0.2) is 71.7 Å². The number of ether oxygens (including phenoxy) is 1. The number of nitrogens with zero attached hydrogens (tertiary/aromatic N) is 3. The second kappa shape index (κ2) is 10.2. The summed E-state index contributed by atoms with van der Waals surface area (Å²) < 4.78 is 13.9. The standard InChI is InChI=1S/C26H24BrN3O4S/c1-33-24-11-16(7-9-22(24)31)14-28-29-26-30(19-5-3-2-4-6-19)21(15-35-26)20-13-17-12-18(27)8-10-23(17)34-25(20)32/h7-15,19,31H,2-6H2,1H3/b28-14-,29-26-. The highest BCUT2D eigenvalue weighted by Crippen LogP contribution is 2.32. The fourth-order valence-electron chi connectivity index (χ4n) is 4.47. The molecule has 0 aliphatic heterocycles.